The third kappa shape index (κ3) is 2.42. The van der Waals surface area contributed by atoms with E-state index in [1.807, 2.05) is 0 Å². The van der Waals surface area contributed by atoms with Crippen molar-refractivity contribution >= 4 is 0 Å². The fourth-order valence-electron chi connectivity index (χ4n) is 0.0471. The molecule has 0 aromatic carbocycles. The van der Waals surface area contributed by atoms with Gasteiger partial charge in [-0.1, -0.05) is 0 Å². The zero-order chi connectivity index (χ0) is 5.86. The molecular formula is H5N5O2-2. The third-order valence-corrected chi connectivity index (χ3v) is 0.265. The largest absolute Gasteiger partial charge is 0.611 e. The number of rotatable bonds is 2. The SMILES string of the molecule is [NH-]N([NH-])N(O)ON. The van der Waals surface area contributed by atoms with Gasteiger partial charge in [0.25, 0.3) is 0 Å². The van der Waals surface area contributed by atoms with Crippen molar-refractivity contribution in [1.82, 2.24) is 10.6 Å². The molecule has 7 heteroatoms. The van der Waals surface area contributed by atoms with Crippen molar-refractivity contribution in [1.29, 1.82) is 0 Å². The van der Waals surface area contributed by atoms with E-state index in [2.05, 4.69) is 10.8 Å². The van der Waals surface area contributed by atoms with E-state index in [0.29, 0.717) is 0 Å². The van der Waals surface area contributed by atoms with Gasteiger partial charge in [-0.15, -0.1) is 0 Å². The number of nitrogens with zero attached hydrogens (tertiary/aromatic N) is 2. The smallest absolute Gasteiger partial charge is 0.00774 e. The van der Waals surface area contributed by atoms with Gasteiger partial charge in [-0.05, 0) is 5.34 Å². The van der Waals surface area contributed by atoms with Crippen LogP contribution >= 0.6 is 0 Å². The molecule has 0 rings (SSSR count). The minimum absolute atomic E-state index is 0.236. The molecule has 0 aliphatic heterocycles. The molecule has 0 fully saturated rings. The fourth-order valence-corrected chi connectivity index (χ4v) is 0.0471. The first-order chi connectivity index (χ1) is 3.18. The first-order valence-corrected chi connectivity index (χ1v) is 1.27. The predicted molar refractivity (Wildman–Crippen MR) is 19.4 cm³/mol. The lowest BCUT2D eigenvalue weighted by Crippen LogP contribution is -2.31. The Balaban J connectivity index is 3.14. The van der Waals surface area contributed by atoms with Crippen molar-refractivity contribution in [3.05, 3.63) is 11.7 Å². The molecule has 0 spiro atoms. The zero-order valence-electron chi connectivity index (χ0n) is 3.33. The second kappa shape index (κ2) is 2.82. The van der Waals surface area contributed by atoms with Crippen molar-refractivity contribution in [3.63, 3.8) is 0 Å². The molecule has 7 heavy (non-hydrogen) atoms. The predicted octanol–water partition coefficient (Wildman–Crippen LogP) is -0.366. The van der Waals surface area contributed by atoms with Crippen LogP contribution in [0.15, 0.2) is 0 Å². The molecule has 0 bridgehead atoms. The van der Waals surface area contributed by atoms with Crippen molar-refractivity contribution in [2.45, 2.75) is 0 Å². The van der Waals surface area contributed by atoms with Crippen molar-refractivity contribution in [2.75, 3.05) is 0 Å². The number of nitrogens with one attached hydrogen (secondary N) is 2. The van der Waals surface area contributed by atoms with Crippen LogP contribution in [0.3, 0.4) is 0 Å². The maximum atomic E-state index is 7.97. The molecule has 0 atom stereocenters. The lowest BCUT2D eigenvalue weighted by Gasteiger charge is -2.34. The minimum atomic E-state index is -0.264. The highest BCUT2D eigenvalue weighted by atomic mass is 17.0. The molecular weight excluding hydrogens is 102 g/mol. The Hall–Kier alpha value is -0.280. The topological polar surface area (TPSA) is 110 Å². The molecule has 0 amide bonds. The Morgan fingerprint density at radius 2 is 2.00 bits per heavy atom. The van der Waals surface area contributed by atoms with E-state index in [9.17, 15) is 0 Å². The van der Waals surface area contributed by atoms with Crippen LogP contribution in [-0.2, 0) is 4.94 Å². The van der Waals surface area contributed by atoms with Gasteiger partial charge in [0.05, 0.1) is 0 Å². The van der Waals surface area contributed by atoms with E-state index in [-0.39, 0.29) is 10.6 Å². The second-order valence-electron chi connectivity index (χ2n) is 0.670. The standard InChI is InChI=1S/H5N5O2/c1-4(2)5(6)7-3/h1-2,6H,3H2/q-2. The van der Waals surface area contributed by atoms with E-state index < -0.39 is 0 Å². The molecule has 0 saturated heterocycles. The van der Waals surface area contributed by atoms with Crippen LogP contribution in [0.2, 0.25) is 0 Å². The summed E-state index contributed by atoms with van der Waals surface area (Å²) in [5, 5.41) is 7.47. The maximum absolute atomic E-state index is 7.97. The summed E-state index contributed by atoms with van der Waals surface area (Å²) in [5.74, 6) is 16.6. The van der Waals surface area contributed by atoms with Gasteiger partial charge in [-0.25, -0.2) is 0 Å². The molecule has 0 radical (unpaired) electrons. The van der Waals surface area contributed by atoms with Crippen molar-refractivity contribution in [2.24, 2.45) is 5.90 Å². The van der Waals surface area contributed by atoms with Gasteiger partial charge in [0, 0.05) is 0 Å². The molecule has 44 valence electrons. The average molecular weight is 107 g/mol. The normalized spacial score (nSPS) is 11.1. The first-order valence-electron chi connectivity index (χ1n) is 1.27. The molecule has 0 aromatic rings. The average Bonchev–Trinajstić information content (AvgIpc) is 1.65. The number of hydrogen-bond acceptors (Lipinski definition) is 5. The maximum Gasteiger partial charge on any atom is -0.00774 e. The minimum Gasteiger partial charge on any atom is -0.611 e. The van der Waals surface area contributed by atoms with Gasteiger partial charge in [-0.3, -0.25) is 5.21 Å². The first kappa shape index (κ1) is 6.72. The molecule has 0 aliphatic rings. The highest BCUT2D eigenvalue weighted by Gasteiger charge is 1.84. The number of hydrogen-bond donors (Lipinski definition) is 2. The molecule has 0 saturated carbocycles. The summed E-state index contributed by atoms with van der Waals surface area (Å²) < 4.78 is 0. The van der Waals surface area contributed by atoms with Gasteiger partial charge in [0.1, 0.15) is 0 Å². The summed E-state index contributed by atoms with van der Waals surface area (Å²) in [5.41, 5.74) is 0. The summed E-state index contributed by atoms with van der Waals surface area (Å²) in [4.78, 5) is 3.45. The van der Waals surface area contributed by atoms with E-state index in [0.717, 1.165) is 0 Å². The summed E-state index contributed by atoms with van der Waals surface area (Å²) in [6.07, 6.45) is 0. The fraction of sp³-hybridized carbons (Fsp3) is 0. The Labute approximate surface area is 39.6 Å². The molecule has 0 heterocycles. The molecule has 0 unspecified atom stereocenters. The Morgan fingerprint density at radius 3 is 2.00 bits per heavy atom. The Morgan fingerprint density at radius 1 is 1.57 bits per heavy atom. The van der Waals surface area contributed by atoms with E-state index in [1.165, 1.54) is 0 Å². The molecule has 5 N–H and O–H groups in total. The summed E-state index contributed by atoms with van der Waals surface area (Å²) in [7, 11) is 0. The lowest BCUT2D eigenvalue weighted by atomic mass is 12.2. The molecule has 0 aromatic heterocycles. The van der Waals surface area contributed by atoms with Gasteiger partial charge in [0.2, 0.25) is 0 Å². The third-order valence-electron chi connectivity index (χ3n) is 0.265. The van der Waals surface area contributed by atoms with Crippen LogP contribution < -0.4 is 5.90 Å². The summed E-state index contributed by atoms with van der Waals surface area (Å²) in [6.45, 7) is 0. The Kier molecular flexibility index (Phi) is 2.71. The number of hydrazine groups is 1. The second-order valence-corrected chi connectivity index (χ2v) is 0.670. The van der Waals surface area contributed by atoms with Gasteiger partial charge in [0.15, 0.2) is 0 Å². The number of nitrogens with two attached hydrogens (primary N) is 1. The highest BCUT2D eigenvalue weighted by molar-refractivity contribution is 4.36. The van der Waals surface area contributed by atoms with Crippen molar-refractivity contribution < 1.29 is 10.1 Å². The van der Waals surface area contributed by atoms with E-state index >= 15 is 0 Å². The monoisotopic (exact) mass is 107 g/mol. The summed E-state index contributed by atoms with van der Waals surface area (Å²) in [6, 6.07) is 0. The lowest BCUT2D eigenvalue weighted by molar-refractivity contribution is -0.421. The van der Waals surface area contributed by atoms with Crippen LogP contribution in [0.25, 0.3) is 11.7 Å². The van der Waals surface area contributed by atoms with E-state index in [1.54, 1.807) is 0 Å². The quantitative estimate of drug-likeness (QED) is 0.468. The Bertz CT molecular complexity index is 43.3. The molecule has 0 aliphatic carbocycles. The summed E-state index contributed by atoms with van der Waals surface area (Å²) >= 11 is 0. The van der Waals surface area contributed by atoms with E-state index in [4.69, 9.17) is 16.9 Å². The highest BCUT2D eigenvalue weighted by Crippen LogP contribution is 1.87. The van der Waals surface area contributed by atoms with Crippen LogP contribution in [0.4, 0.5) is 0 Å². The van der Waals surface area contributed by atoms with Gasteiger partial charge in [-0.2, -0.15) is 10.8 Å². The van der Waals surface area contributed by atoms with Crippen LogP contribution in [0, 0.1) is 0 Å². The van der Waals surface area contributed by atoms with Crippen LogP contribution in [0.5, 0.6) is 0 Å². The van der Waals surface area contributed by atoms with Gasteiger partial charge < -0.3 is 16.9 Å². The van der Waals surface area contributed by atoms with Crippen molar-refractivity contribution in [3.8, 4) is 0 Å². The van der Waals surface area contributed by atoms with Crippen LogP contribution in [-0.4, -0.2) is 15.8 Å². The van der Waals surface area contributed by atoms with Crippen LogP contribution in [0.1, 0.15) is 0 Å². The zero-order valence-corrected chi connectivity index (χ0v) is 3.33. The van der Waals surface area contributed by atoms with Gasteiger partial charge >= 0.3 is 0 Å². The molecule has 7 nitrogen and oxygen atoms in total.